The molecule has 2 amide bonds. The van der Waals surface area contributed by atoms with Gasteiger partial charge in [0.25, 0.3) is 0 Å². The number of hydrogen-bond donors (Lipinski definition) is 2. The highest BCUT2D eigenvalue weighted by Crippen LogP contribution is 2.44. The predicted molar refractivity (Wildman–Crippen MR) is 132 cm³/mol. The number of nitrogens with one attached hydrogen (secondary N) is 1. The van der Waals surface area contributed by atoms with Crippen molar-refractivity contribution in [1.29, 1.82) is 0 Å². The Morgan fingerprint density at radius 2 is 1.71 bits per heavy atom. The lowest BCUT2D eigenvalue weighted by Gasteiger charge is -2.52. The minimum absolute atomic E-state index is 0.0777. The third-order valence-corrected chi connectivity index (χ3v) is 7.34. The topological polar surface area (TPSA) is 95.9 Å². The Kier molecular flexibility index (Phi) is 6.89. The predicted octanol–water partition coefficient (Wildman–Crippen LogP) is 3.97. The van der Waals surface area contributed by atoms with Crippen molar-refractivity contribution in [2.24, 2.45) is 5.41 Å². The van der Waals surface area contributed by atoms with E-state index in [1.807, 2.05) is 56.5 Å². The van der Waals surface area contributed by atoms with E-state index in [0.29, 0.717) is 18.7 Å². The fourth-order valence-corrected chi connectivity index (χ4v) is 5.55. The number of carboxylic acids is 1. The molecule has 0 bridgehead atoms. The first-order valence-electron chi connectivity index (χ1n) is 11.4. The van der Waals surface area contributed by atoms with E-state index in [4.69, 9.17) is 4.74 Å². The van der Waals surface area contributed by atoms with Gasteiger partial charge < -0.3 is 20.1 Å². The van der Waals surface area contributed by atoms with Crippen LogP contribution in [0.2, 0.25) is 0 Å². The molecule has 0 aromatic heterocycles. The number of likely N-dealkylation sites (tertiary alicyclic amines) is 1. The van der Waals surface area contributed by atoms with Crippen LogP contribution in [0.5, 0.6) is 0 Å². The van der Waals surface area contributed by atoms with Gasteiger partial charge in [-0.25, -0.2) is 9.59 Å². The van der Waals surface area contributed by atoms with Crippen molar-refractivity contribution in [2.45, 2.75) is 38.3 Å². The van der Waals surface area contributed by atoms with Gasteiger partial charge in [-0.2, -0.15) is 11.8 Å². The lowest BCUT2D eigenvalue weighted by Crippen LogP contribution is -2.69. The van der Waals surface area contributed by atoms with Gasteiger partial charge in [0.2, 0.25) is 5.91 Å². The molecule has 1 heterocycles. The standard InChI is InChI=1S/C26H30N2O5S/c1-26(2)15-28(22(26)24(30)31)23(29)21(12-13-34-3)27-25(32)33-14-20-18-10-6-4-8-16(18)17-9-5-7-11-19(17)20/h4-11,20-22H,12-15H2,1-3H3,(H,27,32)(H,30,31). The smallest absolute Gasteiger partial charge is 0.407 e. The molecular weight excluding hydrogens is 452 g/mol. The molecule has 1 fully saturated rings. The number of fused-ring (bicyclic) bond motifs is 3. The van der Waals surface area contributed by atoms with Gasteiger partial charge in [0.05, 0.1) is 0 Å². The van der Waals surface area contributed by atoms with Crippen LogP contribution in [0.4, 0.5) is 4.79 Å². The second kappa shape index (κ2) is 9.70. The first kappa shape index (κ1) is 24.1. The van der Waals surface area contributed by atoms with Crippen LogP contribution in [0.15, 0.2) is 48.5 Å². The molecule has 34 heavy (non-hydrogen) atoms. The summed E-state index contributed by atoms with van der Waals surface area (Å²) in [5.74, 6) is -0.843. The van der Waals surface area contributed by atoms with Crippen LogP contribution >= 0.6 is 11.8 Å². The van der Waals surface area contributed by atoms with E-state index in [1.165, 1.54) is 4.90 Å². The molecule has 0 saturated carbocycles. The quantitative estimate of drug-likeness (QED) is 0.591. The van der Waals surface area contributed by atoms with Crippen LogP contribution < -0.4 is 5.32 Å². The first-order valence-corrected chi connectivity index (χ1v) is 12.8. The molecular formula is C26H30N2O5S. The van der Waals surface area contributed by atoms with Gasteiger partial charge in [-0.05, 0) is 40.7 Å². The van der Waals surface area contributed by atoms with Crippen molar-refractivity contribution in [3.63, 3.8) is 0 Å². The molecule has 180 valence electrons. The maximum atomic E-state index is 13.1. The van der Waals surface area contributed by atoms with Gasteiger partial charge in [0.15, 0.2) is 0 Å². The van der Waals surface area contributed by atoms with E-state index >= 15 is 0 Å². The monoisotopic (exact) mass is 482 g/mol. The number of thioether (sulfide) groups is 1. The Balaban J connectivity index is 1.43. The Morgan fingerprint density at radius 3 is 2.24 bits per heavy atom. The number of nitrogens with zero attached hydrogens (tertiary/aromatic N) is 1. The molecule has 8 heteroatoms. The molecule has 2 aromatic rings. The fourth-order valence-electron chi connectivity index (χ4n) is 5.07. The van der Waals surface area contributed by atoms with E-state index in [-0.39, 0.29) is 18.4 Å². The number of rotatable bonds is 8. The number of hydrogen-bond acceptors (Lipinski definition) is 5. The average Bonchev–Trinajstić information content (AvgIpc) is 3.12. The van der Waals surface area contributed by atoms with Crippen LogP contribution in [-0.2, 0) is 14.3 Å². The van der Waals surface area contributed by atoms with Gasteiger partial charge in [0.1, 0.15) is 18.7 Å². The van der Waals surface area contributed by atoms with Crippen molar-refractivity contribution in [2.75, 3.05) is 25.2 Å². The number of carboxylic acid groups (broad SMARTS) is 1. The molecule has 2 aromatic carbocycles. The summed E-state index contributed by atoms with van der Waals surface area (Å²) in [6.07, 6.45) is 1.64. The summed E-state index contributed by atoms with van der Waals surface area (Å²) in [4.78, 5) is 38.9. The fraction of sp³-hybridized carbons (Fsp3) is 0.423. The largest absolute Gasteiger partial charge is 0.480 e. The minimum Gasteiger partial charge on any atom is -0.480 e. The highest BCUT2D eigenvalue weighted by Gasteiger charge is 2.53. The van der Waals surface area contributed by atoms with Crippen LogP contribution in [0.3, 0.4) is 0 Å². The maximum absolute atomic E-state index is 13.1. The van der Waals surface area contributed by atoms with Gasteiger partial charge >= 0.3 is 12.1 Å². The maximum Gasteiger partial charge on any atom is 0.407 e. The average molecular weight is 483 g/mol. The third kappa shape index (κ3) is 4.51. The summed E-state index contributed by atoms with van der Waals surface area (Å²) >= 11 is 1.56. The molecule has 1 aliphatic heterocycles. The van der Waals surface area contributed by atoms with Crippen LogP contribution in [-0.4, -0.2) is 65.2 Å². The number of amides is 2. The summed E-state index contributed by atoms with van der Waals surface area (Å²) < 4.78 is 5.60. The van der Waals surface area contributed by atoms with E-state index in [9.17, 15) is 19.5 Å². The summed E-state index contributed by atoms with van der Waals surface area (Å²) in [6.45, 7) is 4.14. The molecule has 0 radical (unpaired) electrons. The second-order valence-corrected chi connectivity index (χ2v) is 10.5. The SMILES string of the molecule is CSCCC(NC(=O)OCC1c2ccccc2-c2ccccc21)C(=O)N1CC(C)(C)C1C(=O)O. The molecule has 4 rings (SSSR count). The van der Waals surface area contributed by atoms with E-state index in [2.05, 4.69) is 17.4 Å². The van der Waals surface area contributed by atoms with Gasteiger partial charge in [-0.3, -0.25) is 4.79 Å². The molecule has 0 spiro atoms. The van der Waals surface area contributed by atoms with Crippen LogP contribution in [0, 0.1) is 5.41 Å². The molecule has 2 aliphatic rings. The second-order valence-electron chi connectivity index (χ2n) is 9.50. The lowest BCUT2D eigenvalue weighted by atomic mass is 9.74. The third-order valence-electron chi connectivity index (χ3n) is 6.69. The lowest BCUT2D eigenvalue weighted by molar-refractivity contribution is -0.172. The van der Waals surface area contributed by atoms with Crippen molar-refractivity contribution in [1.82, 2.24) is 10.2 Å². The van der Waals surface area contributed by atoms with Crippen molar-refractivity contribution in [3.05, 3.63) is 59.7 Å². The minimum atomic E-state index is -1.03. The summed E-state index contributed by atoms with van der Waals surface area (Å²) in [6, 6.07) is 14.4. The Hall–Kier alpha value is -3.00. The Bertz CT molecular complexity index is 1060. The van der Waals surface area contributed by atoms with Crippen molar-refractivity contribution < 1.29 is 24.2 Å². The zero-order chi connectivity index (χ0) is 24.5. The number of benzene rings is 2. The molecule has 2 unspecified atom stereocenters. The van der Waals surface area contributed by atoms with Crippen molar-refractivity contribution in [3.8, 4) is 11.1 Å². The highest BCUT2D eigenvalue weighted by molar-refractivity contribution is 7.98. The first-order chi connectivity index (χ1) is 16.2. The number of aliphatic carboxylic acids is 1. The zero-order valence-electron chi connectivity index (χ0n) is 19.6. The zero-order valence-corrected chi connectivity index (χ0v) is 20.4. The summed E-state index contributed by atoms with van der Waals surface area (Å²) in [5, 5.41) is 12.3. The normalized spacial score (nSPS) is 18.9. The number of carbonyl (C=O) groups is 3. The van der Waals surface area contributed by atoms with E-state index < -0.39 is 29.6 Å². The molecule has 2 atom stereocenters. The summed E-state index contributed by atoms with van der Waals surface area (Å²) in [5.41, 5.74) is 3.99. The summed E-state index contributed by atoms with van der Waals surface area (Å²) in [7, 11) is 0. The Morgan fingerprint density at radius 1 is 1.12 bits per heavy atom. The van der Waals surface area contributed by atoms with Gasteiger partial charge in [-0.15, -0.1) is 0 Å². The highest BCUT2D eigenvalue weighted by atomic mass is 32.2. The number of carbonyl (C=O) groups excluding carboxylic acids is 2. The number of ether oxygens (including phenoxy) is 1. The van der Waals surface area contributed by atoms with Crippen LogP contribution in [0.25, 0.3) is 11.1 Å². The molecule has 7 nitrogen and oxygen atoms in total. The van der Waals surface area contributed by atoms with E-state index in [1.54, 1.807) is 11.8 Å². The molecule has 1 aliphatic carbocycles. The van der Waals surface area contributed by atoms with Crippen molar-refractivity contribution >= 4 is 29.7 Å². The Labute approximate surface area is 203 Å². The van der Waals surface area contributed by atoms with Gasteiger partial charge in [0, 0.05) is 17.9 Å². The number of alkyl carbamates (subject to hydrolysis) is 1. The van der Waals surface area contributed by atoms with Crippen LogP contribution in [0.1, 0.15) is 37.3 Å². The molecule has 2 N–H and O–H groups in total. The molecule has 1 saturated heterocycles. The van der Waals surface area contributed by atoms with E-state index in [0.717, 1.165) is 22.3 Å². The van der Waals surface area contributed by atoms with Gasteiger partial charge in [-0.1, -0.05) is 62.4 Å².